The summed E-state index contributed by atoms with van der Waals surface area (Å²) in [6.07, 6.45) is 0. The summed E-state index contributed by atoms with van der Waals surface area (Å²) in [4.78, 5) is 4.78. The first kappa shape index (κ1) is 67.2. The van der Waals surface area contributed by atoms with E-state index >= 15 is 0 Å². The lowest BCUT2D eigenvalue weighted by molar-refractivity contribution is 0.660. The summed E-state index contributed by atoms with van der Waals surface area (Å²) in [7, 11) is 0. The highest BCUT2D eigenvalue weighted by Gasteiger charge is 2.46. The molecule has 19 aromatic carbocycles. The first-order chi connectivity index (χ1) is 56.3. The molecule has 4 heteroatoms. The second-order valence-electron chi connectivity index (χ2n) is 31.0. The molecule has 0 saturated heterocycles. The van der Waals surface area contributed by atoms with Gasteiger partial charge in [-0.1, -0.05) is 323 Å². The van der Waals surface area contributed by atoms with Crippen molar-refractivity contribution in [2.75, 3.05) is 9.80 Å². The van der Waals surface area contributed by atoms with Crippen molar-refractivity contribution in [1.29, 1.82) is 0 Å². The zero-order valence-electron chi connectivity index (χ0n) is 63.0. The van der Waals surface area contributed by atoms with Gasteiger partial charge in [0.05, 0.1) is 5.41 Å². The van der Waals surface area contributed by atoms with Gasteiger partial charge < -0.3 is 9.80 Å². The van der Waals surface area contributed by atoms with Gasteiger partial charge in [-0.05, 0) is 224 Å². The van der Waals surface area contributed by atoms with Crippen LogP contribution in [0.5, 0.6) is 0 Å². The second kappa shape index (κ2) is 27.0. The number of nitrogens with zero attached hydrogens (tertiary/aromatic N) is 2. The Bertz CT molecular complexity index is 7270. The van der Waals surface area contributed by atoms with Crippen LogP contribution in [0.1, 0.15) is 47.2 Å². The van der Waals surface area contributed by atoms with Gasteiger partial charge in [0, 0.05) is 90.7 Å². The lowest BCUT2D eigenvalue weighted by atomic mass is 9.67. The lowest BCUT2D eigenvalue weighted by Crippen LogP contribution is -2.28. The molecule has 21 aromatic rings. The minimum atomic E-state index is -0.499. The number of thiophene rings is 2. The Morgan fingerprint density at radius 3 is 1.07 bits per heavy atom. The fourth-order valence-electron chi connectivity index (χ4n) is 18.9. The minimum Gasteiger partial charge on any atom is -0.310 e. The van der Waals surface area contributed by atoms with Gasteiger partial charge in [0.1, 0.15) is 0 Å². The van der Waals surface area contributed by atoms with Crippen LogP contribution < -0.4 is 9.80 Å². The van der Waals surface area contributed by atoms with Crippen molar-refractivity contribution >= 4 is 140 Å². The largest absolute Gasteiger partial charge is 0.310 e. The summed E-state index contributed by atoms with van der Waals surface area (Å²) in [5, 5.41) is 15.8. The third-order valence-electron chi connectivity index (χ3n) is 24.4. The average molecular weight is 1490 g/mol. The number of rotatable bonds is 11. The van der Waals surface area contributed by atoms with Crippen LogP contribution >= 0.6 is 22.7 Å². The predicted molar refractivity (Wildman–Crippen MR) is 489 cm³/mol. The first-order valence-electron chi connectivity index (χ1n) is 39.4. The Labute approximate surface area is 671 Å². The van der Waals surface area contributed by atoms with Crippen LogP contribution in [0.25, 0.3) is 139 Å². The first-order valence-corrected chi connectivity index (χ1v) is 41.1. The van der Waals surface area contributed by atoms with E-state index in [4.69, 9.17) is 0 Å². The van der Waals surface area contributed by atoms with Gasteiger partial charge >= 0.3 is 0 Å². The fraction of sp³-hybridized carbons (Fsp3) is 0.0364. The van der Waals surface area contributed by atoms with Crippen molar-refractivity contribution < 1.29 is 0 Å². The zero-order valence-corrected chi connectivity index (χ0v) is 64.6. The van der Waals surface area contributed by atoms with Gasteiger partial charge in [-0.25, -0.2) is 0 Å². The van der Waals surface area contributed by atoms with Crippen LogP contribution in [0.15, 0.2) is 413 Å². The molecule has 2 aliphatic rings. The molecule has 0 spiro atoms. The Morgan fingerprint density at radius 2 is 0.544 bits per heavy atom. The monoisotopic (exact) mass is 1490 g/mol. The topological polar surface area (TPSA) is 6.48 Å². The highest BCUT2D eigenvalue weighted by atomic mass is 32.1. The summed E-state index contributed by atoms with van der Waals surface area (Å²) in [6, 6.07) is 152. The van der Waals surface area contributed by atoms with Crippen molar-refractivity contribution in [3.8, 4) is 55.6 Å². The van der Waals surface area contributed by atoms with Crippen molar-refractivity contribution in [2.24, 2.45) is 0 Å². The van der Waals surface area contributed by atoms with E-state index in [1.54, 1.807) is 0 Å². The van der Waals surface area contributed by atoms with E-state index in [9.17, 15) is 0 Å². The number of para-hydroxylation sites is 2. The van der Waals surface area contributed by atoms with E-state index in [0.717, 1.165) is 28.4 Å². The Morgan fingerprint density at radius 1 is 0.211 bits per heavy atom. The van der Waals surface area contributed by atoms with Crippen molar-refractivity contribution in [1.82, 2.24) is 0 Å². The van der Waals surface area contributed by atoms with E-state index in [1.807, 2.05) is 22.7 Å². The maximum absolute atomic E-state index is 2.45. The van der Waals surface area contributed by atoms with E-state index in [0.29, 0.717) is 0 Å². The quantitative estimate of drug-likeness (QED) is 0.119. The van der Waals surface area contributed by atoms with Crippen LogP contribution in [0.2, 0.25) is 0 Å². The van der Waals surface area contributed by atoms with Gasteiger partial charge in [-0.15, -0.1) is 22.7 Å². The lowest BCUT2D eigenvalue weighted by Gasteiger charge is -2.35. The van der Waals surface area contributed by atoms with Crippen molar-refractivity contribution in [3.05, 3.63) is 446 Å². The Balaban J connectivity index is 0.000000145. The van der Waals surface area contributed by atoms with Gasteiger partial charge in [0.25, 0.3) is 0 Å². The van der Waals surface area contributed by atoms with E-state index in [1.165, 1.54) is 178 Å². The fourth-order valence-corrected chi connectivity index (χ4v) is 21.5. The molecule has 0 fully saturated rings. The molecule has 0 unspecified atom stereocenters. The highest BCUT2D eigenvalue weighted by Crippen LogP contribution is 2.58. The number of hydrogen-bond acceptors (Lipinski definition) is 4. The average Bonchev–Trinajstić information content (AvgIpc) is 1.53. The molecule has 0 radical (unpaired) electrons. The molecule has 114 heavy (non-hydrogen) atoms. The molecule has 0 amide bonds. The molecular formula is C110H74N2S2. The SMILES string of the molecule is CC1(C)c2cc(-c3ccc4c(ccc5ccc6c7ccccc7sc6c54)c3)ccc2-c2ccc(N(c3ccccc3)c3ccccc3)cc21.c1ccc(-c2ccc(N(c3ccc(-c4ccc5c(ccc6ccc7c8ccccc8sc7c65)c4)cc3)c3ccc4c(c3)C(c3ccccc3)(c3ccccc3)c3ccccc3-4)cc2)cc1. The summed E-state index contributed by atoms with van der Waals surface area (Å²) in [6.45, 7) is 4.76. The second-order valence-corrected chi connectivity index (χ2v) is 33.1. The van der Waals surface area contributed by atoms with Crippen molar-refractivity contribution in [2.45, 2.75) is 24.7 Å². The molecule has 2 heterocycles. The molecular weight excluding hydrogens is 1410 g/mol. The molecule has 0 saturated carbocycles. The molecule has 0 N–H and O–H groups in total. The van der Waals surface area contributed by atoms with Crippen LogP contribution in [-0.4, -0.2) is 0 Å². The Kier molecular flexibility index (Phi) is 15.9. The molecule has 2 aliphatic carbocycles. The van der Waals surface area contributed by atoms with Gasteiger partial charge in [0.15, 0.2) is 0 Å². The van der Waals surface area contributed by atoms with Crippen LogP contribution in [0.3, 0.4) is 0 Å². The number of benzene rings is 19. The van der Waals surface area contributed by atoms with Crippen molar-refractivity contribution in [3.63, 3.8) is 0 Å². The minimum absolute atomic E-state index is 0.143. The Hall–Kier alpha value is -13.7. The van der Waals surface area contributed by atoms with E-state index in [2.05, 4.69) is 436 Å². The summed E-state index contributed by atoms with van der Waals surface area (Å²) in [5.41, 5.74) is 26.5. The van der Waals surface area contributed by atoms with Crippen LogP contribution in [0.4, 0.5) is 34.1 Å². The standard InChI is InChI=1S/C63H41NS.C47H33NS/c1-4-14-42(15-5-1)43-26-32-50(33-27-43)64(52-36-39-55-54-20-10-12-22-58(54)63(59(55)41-52,48-16-6-2-7-17-48)49-18-8-3-9-19-49)51-34-28-44(29-35-51)46-31-37-53-47(40-46)25-24-45-30-38-57-56-21-11-13-23-60(56)65-62(57)61(45)53;1-47(2)42-28-32(31-20-23-37-33(27-31)18-17-30-19-25-41-40-15-9-10-16-44(40)49-46(41)45(30)37)21-24-38(42)39-26-22-36(29-43(39)47)48(34-11-5-3-6-12-34)35-13-7-4-8-14-35/h1-41H;3-29H,1-2H3. The molecule has 536 valence electrons. The normalized spacial score (nSPS) is 13.0. The molecule has 2 nitrogen and oxygen atoms in total. The summed E-state index contributed by atoms with van der Waals surface area (Å²) >= 11 is 3.81. The van der Waals surface area contributed by atoms with Crippen LogP contribution in [0, 0.1) is 0 Å². The molecule has 0 aliphatic heterocycles. The maximum Gasteiger partial charge on any atom is 0.0714 e. The predicted octanol–water partition coefficient (Wildman–Crippen LogP) is 31.3. The van der Waals surface area contributed by atoms with Crippen LogP contribution in [-0.2, 0) is 10.8 Å². The number of hydrogen-bond donors (Lipinski definition) is 0. The van der Waals surface area contributed by atoms with Gasteiger partial charge in [-0.3, -0.25) is 0 Å². The van der Waals surface area contributed by atoms with Gasteiger partial charge in [0.2, 0.25) is 0 Å². The highest BCUT2D eigenvalue weighted by molar-refractivity contribution is 7.27. The molecule has 0 atom stereocenters. The molecule has 0 bridgehead atoms. The molecule has 2 aromatic heterocycles. The number of anilines is 6. The number of fused-ring (bicyclic) bond motifs is 20. The third-order valence-corrected chi connectivity index (χ3v) is 26.8. The summed E-state index contributed by atoms with van der Waals surface area (Å²) < 4.78 is 5.43. The van der Waals surface area contributed by atoms with E-state index < -0.39 is 5.41 Å². The third kappa shape index (κ3) is 10.9. The maximum atomic E-state index is 2.45. The van der Waals surface area contributed by atoms with E-state index in [-0.39, 0.29) is 5.41 Å². The van der Waals surface area contributed by atoms with Gasteiger partial charge in [-0.2, -0.15) is 0 Å². The zero-order chi connectivity index (χ0) is 75.6. The summed E-state index contributed by atoms with van der Waals surface area (Å²) in [5.74, 6) is 0. The smallest absolute Gasteiger partial charge is 0.0714 e. The molecule has 23 rings (SSSR count).